The molecule has 29 heavy (non-hydrogen) atoms. The summed E-state index contributed by atoms with van der Waals surface area (Å²) < 4.78 is 0. The van der Waals surface area contributed by atoms with Crippen LogP contribution in [0.4, 0.5) is 0 Å². The number of hydrogen-bond acceptors (Lipinski definition) is 2. The van der Waals surface area contributed by atoms with E-state index in [1.807, 2.05) is 0 Å². The number of nitrogens with zero attached hydrogens (tertiary/aromatic N) is 1. The Morgan fingerprint density at radius 1 is 0.931 bits per heavy atom. The van der Waals surface area contributed by atoms with Crippen molar-refractivity contribution >= 4 is 5.71 Å². The largest absolute Gasteiger partial charge is 0.411 e. The van der Waals surface area contributed by atoms with E-state index in [9.17, 15) is 5.21 Å². The molecule has 0 aromatic carbocycles. The van der Waals surface area contributed by atoms with Gasteiger partial charge in [0.05, 0.1) is 5.71 Å². The Kier molecular flexibility index (Phi) is 6.13. The highest BCUT2D eigenvalue weighted by atomic mass is 16.4. The molecule has 0 aromatic heterocycles. The highest BCUT2D eigenvalue weighted by Gasteiger charge is 2.60. The van der Waals surface area contributed by atoms with Crippen molar-refractivity contribution in [3.63, 3.8) is 0 Å². The second-order valence-corrected chi connectivity index (χ2v) is 12.6. The molecule has 0 unspecified atom stereocenters. The van der Waals surface area contributed by atoms with Gasteiger partial charge in [0.25, 0.3) is 0 Å². The van der Waals surface area contributed by atoms with E-state index < -0.39 is 0 Å². The highest BCUT2D eigenvalue weighted by Crippen LogP contribution is 2.68. The van der Waals surface area contributed by atoms with E-state index >= 15 is 0 Å². The molecule has 1 N–H and O–H groups in total. The van der Waals surface area contributed by atoms with Gasteiger partial charge in [-0.1, -0.05) is 59.0 Å². The molecule has 0 aromatic rings. The molecular formula is C27H47NO. The molecule has 0 saturated heterocycles. The first-order valence-corrected chi connectivity index (χ1v) is 13.0. The highest BCUT2D eigenvalue weighted by molar-refractivity contribution is 5.85. The van der Waals surface area contributed by atoms with Gasteiger partial charge in [-0.25, -0.2) is 0 Å². The zero-order chi connectivity index (χ0) is 20.8. The Morgan fingerprint density at radius 3 is 2.41 bits per heavy atom. The molecule has 4 saturated carbocycles. The minimum Gasteiger partial charge on any atom is -0.411 e. The minimum absolute atomic E-state index is 0.499. The van der Waals surface area contributed by atoms with Crippen LogP contribution in [0.2, 0.25) is 0 Å². The molecule has 2 nitrogen and oxygen atoms in total. The van der Waals surface area contributed by atoms with Gasteiger partial charge < -0.3 is 5.21 Å². The van der Waals surface area contributed by atoms with Crippen molar-refractivity contribution in [3.05, 3.63) is 0 Å². The van der Waals surface area contributed by atoms with E-state index in [0.29, 0.717) is 10.8 Å². The van der Waals surface area contributed by atoms with Gasteiger partial charge in [-0.2, -0.15) is 0 Å². The topological polar surface area (TPSA) is 32.6 Å². The van der Waals surface area contributed by atoms with Gasteiger partial charge in [0, 0.05) is 0 Å². The summed E-state index contributed by atoms with van der Waals surface area (Å²) in [6.07, 6.45) is 16.4. The van der Waals surface area contributed by atoms with Gasteiger partial charge >= 0.3 is 0 Å². The molecule has 0 radical (unpaired) electrons. The quantitative estimate of drug-likeness (QED) is 0.368. The second kappa shape index (κ2) is 8.19. The third-order valence-corrected chi connectivity index (χ3v) is 10.8. The average Bonchev–Trinajstić information content (AvgIpc) is 3.04. The molecule has 8 atom stereocenters. The van der Waals surface area contributed by atoms with E-state index in [2.05, 4.69) is 39.8 Å². The molecule has 166 valence electrons. The van der Waals surface area contributed by atoms with Crippen LogP contribution in [0.5, 0.6) is 0 Å². The summed E-state index contributed by atoms with van der Waals surface area (Å²) in [6, 6.07) is 0. The SMILES string of the molecule is CC(C)CCC[C@@H](C)[C@@H]1CC[C@@H]2[C@@H]3CC[C@H]4C/C(=N\O)CC[C@]4(C)[C@H]3CC[C@@]21C. The zero-order valence-electron chi connectivity index (χ0n) is 19.9. The summed E-state index contributed by atoms with van der Waals surface area (Å²) in [4.78, 5) is 0. The lowest BCUT2D eigenvalue weighted by Gasteiger charge is -2.60. The monoisotopic (exact) mass is 401 g/mol. The van der Waals surface area contributed by atoms with Crippen LogP contribution in [0.25, 0.3) is 0 Å². The summed E-state index contributed by atoms with van der Waals surface area (Å²) >= 11 is 0. The Balaban J connectivity index is 1.46. The van der Waals surface area contributed by atoms with Crippen molar-refractivity contribution in [2.45, 2.75) is 112 Å². The van der Waals surface area contributed by atoms with Crippen molar-refractivity contribution in [1.82, 2.24) is 0 Å². The number of oxime groups is 1. The van der Waals surface area contributed by atoms with Crippen LogP contribution in [-0.4, -0.2) is 10.9 Å². The molecule has 2 heteroatoms. The first-order chi connectivity index (χ1) is 13.8. The fraction of sp³-hybridized carbons (Fsp3) is 0.963. The van der Waals surface area contributed by atoms with Crippen LogP contribution in [-0.2, 0) is 0 Å². The first-order valence-electron chi connectivity index (χ1n) is 13.0. The lowest BCUT2D eigenvalue weighted by Crippen LogP contribution is -2.53. The molecule has 0 aliphatic heterocycles. The van der Waals surface area contributed by atoms with Crippen LogP contribution in [0, 0.1) is 52.3 Å². The molecular weight excluding hydrogens is 354 g/mol. The van der Waals surface area contributed by atoms with Crippen LogP contribution in [0.3, 0.4) is 0 Å². The van der Waals surface area contributed by atoms with Gasteiger partial charge in [-0.05, 0) is 110 Å². The Bertz CT molecular complexity index is 612. The Labute approximate surface area is 180 Å². The van der Waals surface area contributed by atoms with Gasteiger partial charge in [-0.15, -0.1) is 0 Å². The number of fused-ring (bicyclic) bond motifs is 5. The maximum Gasteiger partial charge on any atom is 0.0574 e. The number of rotatable bonds is 5. The predicted molar refractivity (Wildman–Crippen MR) is 122 cm³/mol. The van der Waals surface area contributed by atoms with Gasteiger partial charge in [0.2, 0.25) is 0 Å². The first kappa shape index (κ1) is 21.7. The Hall–Kier alpha value is -0.530. The molecule has 0 amide bonds. The smallest absolute Gasteiger partial charge is 0.0574 e. The summed E-state index contributed by atoms with van der Waals surface area (Å²) in [7, 11) is 0. The zero-order valence-corrected chi connectivity index (χ0v) is 19.9. The van der Waals surface area contributed by atoms with Crippen LogP contribution in [0.1, 0.15) is 112 Å². The maximum absolute atomic E-state index is 9.32. The molecule has 0 heterocycles. The van der Waals surface area contributed by atoms with Gasteiger partial charge in [-0.3, -0.25) is 0 Å². The Morgan fingerprint density at radius 2 is 1.69 bits per heavy atom. The molecule has 4 aliphatic rings. The van der Waals surface area contributed by atoms with E-state index in [1.165, 1.54) is 64.2 Å². The molecule has 0 spiro atoms. The lowest BCUT2D eigenvalue weighted by atomic mass is 9.44. The van der Waals surface area contributed by atoms with Crippen molar-refractivity contribution < 1.29 is 5.21 Å². The van der Waals surface area contributed by atoms with Crippen molar-refractivity contribution in [3.8, 4) is 0 Å². The van der Waals surface area contributed by atoms with Crippen LogP contribution < -0.4 is 0 Å². The summed E-state index contributed by atoms with van der Waals surface area (Å²) in [5, 5.41) is 12.9. The van der Waals surface area contributed by atoms with Crippen molar-refractivity contribution in [1.29, 1.82) is 0 Å². The van der Waals surface area contributed by atoms with Gasteiger partial charge in [0.1, 0.15) is 0 Å². The molecule has 4 fully saturated rings. The third-order valence-electron chi connectivity index (χ3n) is 10.8. The summed E-state index contributed by atoms with van der Waals surface area (Å²) in [6.45, 7) is 12.6. The van der Waals surface area contributed by atoms with Crippen molar-refractivity contribution in [2.24, 2.45) is 57.4 Å². The maximum atomic E-state index is 9.32. The van der Waals surface area contributed by atoms with Gasteiger partial charge in [0.15, 0.2) is 0 Å². The fourth-order valence-electron chi connectivity index (χ4n) is 9.18. The minimum atomic E-state index is 0.499. The second-order valence-electron chi connectivity index (χ2n) is 12.6. The normalized spacial score (nSPS) is 47.0. The fourth-order valence-corrected chi connectivity index (χ4v) is 9.18. The number of hydrogen-bond donors (Lipinski definition) is 1. The molecule has 0 bridgehead atoms. The predicted octanol–water partition coefficient (Wildman–Crippen LogP) is 7.94. The van der Waals surface area contributed by atoms with Crippen LogP contribution in [0.15, 0.2) is 5.16 Å². The third kappa shape index (κ3) is 3.69. The van der Waals surface area contributed by atoms with E-state index in [0.717, 1.165) is 60.0 Å². The van der Waals surface area contributed by atoms with E-state index in [1.54, 1.807) is 0 Å². The lowest BCUT2D eigenvalue weighted by molar-refractivity contribution is -0.105. The standard InChI is InChI=1S/C27H47NO/c1-18(2)7-6-8-19(3)23-11-12-24-22-10-9-20-17-21(28-29)13-15-26(20,4)25(22)14-16-27(23,24)5/h18-20,22-25,29H,6-17H2,1-5H3/b28-21-/t19-,20+,22+,23+,24-,25+,26+,27-/m1/s1. The summed E-state index contributed by atoms with van der Waals surface area (Å²) in [5.74, 6) is 6.36. The molecule has 4 rings (SSSR count). The van der Waals surface area contributed by atoms with E-state index in [4.69, 9.17) is 0 Å². The van der Waals surface area contributed by atoms with E-state index in [-0.39, 0.29) is 0 Å². The molecule has 4 aliphatic carbocycles. The summed E-state index contributed by atoms with van der Waals surface area (Å²) in [5.41, 5.74) is 2.18. The van der Waals surface area contributed by atoms with Crippen molar-refractivity contribution in [2.75, 3.05) is 0 Å². The van der Waals surface area contributed by atoms with Crippen LogP contribution >= 0.6 is 0 Å². The average molecular weight is 402 g/mol.